The van der Waals surface area contributed by atoms with Crippen molar-refractivity contribution in [1.82, 2.24) is 0 Å². The Balaban J connectivity index is 1.94. The topological polar surface area (TPSA) is 71.2 Å². The molecule has 1 aliphatic rings. The number of oxime groups is 1. The molecule has 0 unspecified atom stereocenters. The summed E-state index contributed by atoms with van der Waals surface area (Å²) in [6.45, 7) is 9.74. The lowest BCUT2D eigenvalue weighted by Crippen LogP contribution is -2.40. The monoisotopic (exact) mass is 484 g/mol. The first-order valence-electron chi connectivity index (χ1n) is 14.1. The zero-order chi connectivity index (χ0) is 25.5. The van der Waals surface area contributed by atoms with E-state index in [9.17, 15) is 10.0 Å². The maximum absolute atomic E-state index is 12.8. The van der Waals surface area contributed by atoms with E-state index in [-0.39, 0.29) is 11.1 Å². The summed E-state index contributed by atoms with van der Waals surface area (Å²) in [6.07, 6.45) is 16.5. The summed E-state index contributed by atoms with van der Waals surface area (Å²) in [5.41, 5.74) is 3.70. The summed E-state index contributed by atoms with van der Waals surface area (Å²) in [6, 6.07) is 6.12. The fourth-order valence-corrected chi connectivity index (χ4v) is 5.66. The van der Waals surface area contributed by atoms with Gasteiger partial charge in [-0.1, -0.05) is 115 Å². The first-order valence-corrected chi connectivity index (χ1v) is 14.1. The molecule has 1 N–H and O–H groups in total. The van der Waals surface area contributed by atoms with Crippen LogP contribution in [0.1, 0.15) is 127 Å². The SMILES string of the molecule is CCCCCCCCCCCCOC(=O)C(=NO)C1=NCC(CCC)(CCC)c2c(C)cccc21. The number of nitrogens with zero attached hydrogens (tertiary/aromatic N) is 2. The largest absolute Gasteiger partial charge is 0.461 e. The Kier molecular flexibility index (Phi) is 13.1. The second kappa shape index (κ2) is 15.7. The number of carbonyl (C=O) groups excluding carboxylic acids is 1. The number of fused-ring (bicyclic) bond motifs is 1. The van der Waals surface area contributed by atoms with Crippen molar-refractivity contribution in [2.24, 2.45) is 10.1 Å². The highest BCUT2D eigenvalue weighted by atomic mass is 16.5. The van der Waals surface area contributed by atoms with Crippen LogP contribution in [0.4, 0.5) is 0 Å². The fourth-order valence-electron chi connectivity index (χ4n) is 5.66. The van der Waals surface area contributed by atoms with Crippen LogP contribution >= 0.6 is 0 Å². The first-order chi connectivity index (χ1) is 17.0. The zero-order valence-corrected chi connectivity index (χ0v) is 22.7. The molecule has 1 heterocycles. The molecule has 0 spiro atoms. The lowest BCUT2D eigenvalue weighted by atomic mass is 9.68. The summed E-state index contributed by atoms with van der Waals surface area (Å²) in [4.78, 5) is 17.7. The molecule has 5 nitrogen and oxygen atoms in total. The fraction of sp³-hybridized carbons (Fsp3) is 0.700. The van der Waals surface area contributed by atoms with Gasteiger partial charge in [0.05, 0.1) is 6.61 Å². The zero-order valence-electron chi connectivity index (χ0n) is 22.7. The highest BCUT2D eigenvalue weighted by molar-refractivity contribution is 6.69. The van der Waals surface area contributed by atoms with Crippen LogP contribution < -0.4 is 0 Å². The molecule has 0 fully saturated rings. The smallest absolute Gasteiger partial charge is 0.362 e. The van der Waals surface area contributed by atoms with E-state index in [1.807, 2.05) is 12.1 Å². The number of rotatable bonds is 17. The van der Waals surface area contributed by atoms with Crippen molar-refractivity contribution in [2.45, 2.75) is 123 Å². The van der Waals surface area contributed by atoms with Gasteiger partial charge in [-0.15, -0.1) is 0 Å². The molecular weight excluding hydrogens is 436 g/mol. The van der Waals surface area contributed by atoms with Gasteiger partial charge in [-0.25, -0.2) is 4.79 Å². The first kappa shape index (κ1) is 29.1. The number of aryl methyl sites for hydroxylation is 1. The van der Waals surface area contributed by atoms with Crippen molar-refractivity contribution in [3.8, 4) is 0 Å². The van der Waals surface area contributed by atoms with Gasteiger partial charge in [0.2, 0.25) is 5.71 Å². The van der Waals surface area contributed by atoms with Gasteiger partial charge < -0.3 is 9.94 Å². The second-order valence-corrected chi connectivity index (χ2v) is 10.2. The number of esters is 1. The molecule has 2 rings (SSSR count). The Labute approximate surface area is 213 Å². The average Bonchev–Trinajstić information content (AvgIpc) is 2.84. The molecule has 1 aromatic rings. The average molecular weight is 485 g/mol. The molecule has 0 saturated heterocycles. The molecule has 0 radical (unpaired) electrons. The van der Waals surface area contributed by atoms with Crippen molar-refractivity contribution >= 4 is 17.4 Å². The maximum atomic E-state index is 12.8. The summed E-state index contributed by atoms with van der Waals surface area (Å²) in [7, 11) is 0. The number of hydrogen-bond acceptors (Lipinski definition) is 5. The molecule has 35 heavy (non-hydrogen) atoms. The van der Waals surface area contributed by atoms with Crippen LogP contribution in [0, 0.1) is 6.92 Å². The Morgan fingerprint density at radius 2 is 1.54 bits per heavy atom. The predicted molar refractivity (Wildman–Crippen MR) is 146 cm³/mol. The number of aliphatic imine (C=N–C) groups is 1. The van der Waals surface area contributed by atoms with Gasteiger partial charge in [-0.2, -0.15) is 0 Å². The maximum Gasteiger partial charge on any atom is 0.362 e. The van der Waals surface area contributed by atoms with E-state index >= 15 is 0 Å². The van der Waals surface area contributed by atoms with Crippen LogP contribution in [-0.2, 0) is 14.9 Å². The minimum absolute atomic E-state index is 0.0336. The van der Waals surface area contributed by atoms with E-state index in [0.717, 1.165) is 44.1 Å². The van der Waals surface area contributed by atoms with Crippen LogP contribution in [-0.4, -0.2) is 35.8 Å². The molecule has 0 aromatic heterocycles. The van der Waals surface area contributed by atoms with Crippen LogP contribution in [0.3, 0.4) is 0 Å². The van der Waals surface area contributed by atoms with Gasteiger partial charge in [0, 0.05) is 17.5 Å². The van der Waals surface area contributed by atoms with Gasteiger partial charge in [0.25, 0.3) is 0 Å². The van der Waals surface area contributed by atoms with E-state index in [1.165, 1.54) is 62.5 Å². The predicted octanol–water partition coefficient (Wildman–Crippen LogP) is 7.93. The van der Waals surface area contributed by atoms with E-state index in [4.69, 9.17) is 9.73 Å². The van der Waals surface area contributed by atoms with Gasteiger partial charge in [0.15, 0.2) is 0 Å². The van der Waals surface area contributed by atoms with Gasteiger partial charge in [0.1, 0.15) is 5.71 Å². The molecule has 5 heteroatoms. The second-order valence-electron chi connectivity index (χ2n) is 10.2. The Bertz CT molecular complexity index is 838. The van der Waals surface area contributed by atoms with Crippen molar-refractivity contribution in [3.63, 3.8) is 0 Å². The molecule has 0 aliphatic carbocycles. The summed E-state index contributed by atoms with van der Waals surface area (Å²) in [5, 5.41) is 13.1. The van der Waals surface area contributed by atoms with E-state index in [0.29, 0.717) is 18.9 Å². The summed E-state index contributed by atoms with van der Waals surface area (Å²) >= 11 is 0. The Hall–Kier alpha value is -2.17. The number of carbonyl (C=O) groups is 1. The molecular formula is C30H48N2O3. The van der Waals surface area contributed by atoms with Crippen molar-refractivity contribution in [3.05, 3.63) is 34.9 Å². The highest BCUT2D eigenvalue weighted by Crippen LogP contribution is 2.41. The molecule has 1 aromatic carbocycles. The third-order valence-corrected chi connectivity index (χ3v) is 7.30. The lowest BCUT2D eigenvalue weighted by Gasteiger charge is -2.39. The molecule has 0 bridgehead atoms. The number of ether oxygens (including phenoxy) is 1. The number of benzene rings is 1. The molecule has 196 valence electrons. The van der Waals surface area contributed by atoms with E-state index in [2.05, 4.69) is 38.9 Å². The molecule has 0 atom stereocenters. The van der Waals surface area contributed by atoms with Crippen molar-refractivity contribution < 1.29 is 14.7 Å². The van der Waals surface area contributed by atoms with Crippen LogP contribution in [0.5, 0.6) is 0 Å². The van der Waals surface area contributed by atoms with Gasteiger partial charge in [-0.3, -0.25) is 4.99 Å². The summed E-state index contributed by atoms with van der Waals surface area (Å²) in [5.74, 6) is -0.590. The minimum Gasteiger partial charge on any atom is -0.461 e. The van der Waals surface area contributed by atoms with Gasteiger partial charge in [-0.05, 0) is 37.3 Å². The Morgan fingerprint density at radius 3 is 2.11 bits per heavy atom. The minimum atomic E-state index is -0.590. The standard InChI is InChI=1S/C30H48N2O3/c1-5-8-9-10-11-12-13-14-15-16-22-35-29(33)28(32-34)27-25-19-17-18-24(4)26(25)30(20-6-2,21-7-3)23-31-27/h17-19,34H,5-16,20-23H2,1-4H3. The molecule has 1 aliphatic heterocycles. The quantitative estimate of drug-likeness (QED) is 0.0802. The van der Waals surface area contributed by atoms with Gasteiger partial charge >= 0.3 is 5.97 Å². The molecule has 0 amide bonds. The summed E-state index contributed by atoms with van der Waals surface area (Å²) < 4.78 is 5.50. The lowest BCUT2D eigenvalue weighted by molar-refractivity contribution is -0.135. The highest BCUT2D eigenvalue weighted by Gasteiger charge is 2.39. The van der Waals surface area contributed by atoms with E-state index in [1.54, 1.807) is 0 Å². The Morgan fingerprint density at radius 1 is 0.943 bits per heavy atom. The third-order valence-electron chi connectivity index (χ3n) is 7.30. The van der Waals surface area contributed by atoms with Crippen LogP contribution in [0.25, 0.3) is 0 Å². The number of unbranched alkanes of at least 4 members (excludes halogenated alkanes) is 9. The molecule has 0 saturated carbocycles. The van der Waals surface area contributed by atoms with Crippen molar-refractivity contribution in [1.29, 1.82) is 0 Å². The normalized spacial score (nSPS) is 15.0. The van der Waals surface area contributed by atoms with Crippen LogP contribution in [0.2, 0.25) is 0 Å². The van der Waals surface area contributed by atoms with Crippen LogP contribution in [0.15, 0.2) is 28.3 Å². The third kappa shape index (κ3) is 8.18. The van der Waals surface area contributed by atoms with Crippen molar-refractivity contribution in [2.75, 3.05) is 13.2 Å². The number of hydrogen-bond donors (Lipinski definition) is 1. The van der Waals surface area contributed by atoms with E-state index < -0.39 is 5.97 Å².